The first-order chi connectivity index (χ1) is 54.0. The van der Waals surface area contributed by atoms with Crippen LogP contribution in [0.1, 0.15) is 86.5 Å². The van der Waals surface area contributed by atoms with Gasteiger partial charge in [0.2, 0.25) is 0 Å². The predicted octanol–water partition coefficient (Wildman–Crippen LogP) is 26.4. The van der Waals surface area contributed by atoms with Crippen LogP contribution in [0.5, 0.6) is 0 Å². The van der Waals surface area contributed by atoms with E-state index in [2.05, 4.69) is 248 Å². The maximum absolute atomic E-state index is 6.22. The Labute approximate surface area is 635 Å². The summed E-state index contributed by atoms with van der Waals surface area (Å²) < 4.78 is 6.22. The van der Waals surface area contributed by atoms with Gasteiger partial charge in [0.05, 0.1) is 11.4 Å². The van der Waals surface area contributed by atoms with Crippen LogP contribution in [0.15, 0.2) is 344 Å². The number of pyridine rings is 1. The van der Waals surface area contributed by atoms with Gasteiger partial charge in [-0.1, -0.05) is 342 Å². The molecule has 0 atom stereocenters. The predicted molar refractivity (Wildman–Crippen MR) is 445 cm³/mol. The minimum atomic E-state index is 0.137. The summed E-state index contributed by atoms with van der Waals surface area (Å²) >= 11 is 0. The van der Waals surface area contributed by atoms with Crippen LogP contribution in [0.25, 0.3) is 168 Å². The van der Waals surface area contributed by atoms with Crippen molar-refractivity contribution in [2.45, 2.75) is 75.0 Å². The molecule has 7 heteroatoms. The van der Waals surface area contributed by atoms with Gasteiger partial charge in [-0.25, -0.2) is 24.9 Å². The Bertz CT molecular complexity index is 6240. The lowest BCUT2D eigenvalue weighted by atomic mass is 9.68. The second kappa shape index (κ2) is 27.7. The number of rotatable bonds is 11. The summed E-state index contributed by atoms with van der Waals surface area (Å²) in [5, 5.41) is 2.06. The molecule has 109 heavy (non-hydrogen) atoms. The molecule has 0 saturated heterocycles. The van der Waals surface area contributed by atoms with Crippen molar-refractivity contribution in [2.75, 3.05) is 0 Å². The minimum absolute atomic E-state index is 0.137. The van der Waals surface area contributed by atoms with E-state index >= 15 is 0 Å². The van der Waals surface area contributed by atoms with Gasteiger partial charge in [-0.2, -0.15) is 0 Å². The average Bonchev–Trinajstić information content (AvgIpc) is 1.56. The Morgan fingerprint density at radius 1 is 0.239 bits per heavy atom. The van der Waals surface area contributed by atoms with Crippen LogP contribution in [0.4, 0.5) is 0 Å². The van der Waals surface area contributed by atoms with Crippen molar-refractivity contribution < 1.29 is 4.42 Å². The molecule has 4 aromatic heterocycles. The van der Waals surface area contributed by atoms with Crippen LogP contribution >= 0.6 is 0 Å². The molecule has 0 radical (unpaired) electrons. The maximum atomic E-state index is 6.22. The van der Waals surface area contributed by atoms with E-state index in [-0.39, 0.29) is 10.8 Å². The molecule has 21 rings (SSSR count). The fourth-order valence-corrected chi connectivity index (χ4v) is 18.3. The van der Waals surface area contributed by atoms with E-state index < -0.39 is 0 Å². The van der Waals surface area contributed by atoms with Crippen molar-refractivity contribution in [3.05, 3.63) is 362 Å². The standard InChI is InChI=1S/C57H43N3.C45H33N3O/c1-3-11-47(12-4-1)56-59-53(37-54(60-56)46-32-26-43(27-33-46)48-13-10-36-58-38-48)45-30-24-42(25-31-45)40-20-18-39(19-21-40)41-22-28-44(29-23-41)49-15-9-17-52-55(49)50-14-5-6-16-51(50)57(52)34-7-2-8-35-57;1-3-13-30(14-4-1)42-46-43(48-44(47-42)35-18-12-22-39-41(35)34-16-6-8-21-38(34)49-39)31-25-23-29(24-26-31)32-17-11-20-37-40(32)33-15-5-7-19-36(33)45(37)27-9-2-10-28-45/h1,3-6,9-33,36-38H,2,7-8,34-35H2;1,3-8,11-26H,2,9-10,27-28H2. The number of nitrogens with zero attached hydrogens (tertiary/aromatic N) is 6. The molecular formula is C102H76N6O. The molecule has 0 unspecified atom stereocenters. The van der Waals surface area contributed by atoms with Crippen LogP contribution in [0, 0.1) is 0 Å². The molecule has 4 heterocycles. The summed E-state index contributed by atoms with van der Waals surface area (Å²) in [6.07, 6.45) is 16.5. The first-order valence-corrected chi connectivity index (χ1v) is 38.5. The van der Waals surface area contributed by atoms with Crippen LogP contribution in [0.2, 0.25) is 0 Å². The third kappa shape index (κ3) is 11.8. The van der Waals surface area contributed by atoms with E-state index in [1.807, 2.05) is 91.1 Å². The normalized spacial score (nSPS) is 14.2. The summed E-state index contributed by atoms with van der Waals surface area (Å²) in [7, 11) is 0. The molecule has 4 aliphatic carbocycles. The number of furan rings is 1. The third-order valence-corrected chi connectivity index (χ3v) is 23.6. The largest absolute Gasteiger partial charge is 0.456 e. The highest BCUT2D eigenvalue weighted by atomic mass is 16.3. The second-order valence-electron chi connectivity index (χ2n) is 29.7. The van der Waals surface area contributed by atoms with Crippen molar-refractivity contribution >= 4 is 21.9 Å². The summed E-state index contributed by atoms with van der Waals surface area (Å²) in [5.74, 6) is 2.62. The fourth-order valence-electron chi connectivity index (χ4n) is 18.3. The molecule has 0 N–H and O–H groups in total. The van der Waals surface area contributed by atoms with Crippen LogP contribution in [-0.4, -0.2) is 29.9 Å². The number of para-hydroxylation sites is 1. The quantitative estimate of drug-likeness (QED) is 0.127. The van der Waals surface area contributed by atoms with Gasteiger partial charge in [0, 0.05) is 67.4 Å². The van der Waals surface area contributed by atoms with E-state index in [1.54, 1.807) is 11.8 Å². The first-order valence-electron chi connectivity index (χ1n) is 38.5. The van der Waals surface area contributed by atoms with Gasteiger partial charge in [0.15, 0.2) is 23.3 Å². The monoisotopic (exact) mass is 1400 g/mol. The van der Waals surface area contributed by atoms with E-state index in [4.69, 9.17) is 29.3 Å². The number of hydrogen-bond acceptors (Lipinski definition) is 7. The minimum Gasteiger partial charge on any atom is -0.456 e. The van der Waals surface area contributed by atoms with E-state index in [0.29, 0.717) is 23.3 Å². The van der Waals surface area contributed by atoms with Crippen LogP contribution in [0.3, 0.4) is 0 Å². The Hall–Kier alpha value is -13.1. The highest BCUT2D eigenvalue weighted by molar-refractivity contribution is 6.12. The van der Waals surface area contributed by atoms with E-state index in [1.165, 1.54) is 142 Å². The van der Waals surface area contributed by atoms with Crippen molar-refractivity contribution in [1.29, 1.82) is 0 Å². The van der Waals surface area contributed by atoms with Crippen molar-refractivity contribution in [3.63, 3.8) is 0 Å². The SMILES string of the molecule is c1ccc(-c2nc(-c3ccc(-c4ccc(-c5ccc(-c6cccc7c6-c6ccccc6C76CCCCC6)cc5)cc4)cc3)cc(-c3ccc(-c4cccnc4)cc3)n2)cc1.c1ccc(-c2nc(-c3ccc(-c4cccc5c4-c4ccccc4C54CCCCC4)cc3)nc(-c3cccc4oc5ccccc5c34)n2)cc1. The molecule has 2 saturated carbocycles. The van der Waals surface area contributed by atoms with Crippen molar-refractivity contribution in [2.24, 2.45) is 0 Å². The van der Waals surface area contributed by atoms with Crippen LogP contribution in [-0.2, 0) is 10.8 Å². The zero-order valence-electron chi connectivity index (χ0n) is 60.5. The highest BCUT2D eigenvalue weighted by Crippen LogP contribution is 2.60. The highest BCUT2D eigenvalue weighted by Gasteiger charge is 2.46. The van der Waals surface area contributed by atoms with Gasteiger partial charge in [0.1, 0.15) is 11.2 Å². The van der Waals surface area contributed by atoms with Gasteiger partial charge < -0.3 is 4.42 Å². The number of fused-ring (bicyclic) bond motifs is 13. The molecule has 13 aromatic carbocycles. The average molecular weight is 1400 g/mol. The molecular weight excluding hydrogens is 1330 g/mol. The second-order valence-corrected chi connectivity index (χ2v) is 29.7. The molecule has 7 nitrogen and oxygen atoms in total. The Morgan fingerprint density at radius 3 is 1.09 bits per heavy atom. The third-order valence-electron chi connectivity index (χ3n) is 23.6. The van der Waals surface area contributed by atoms with Crippen molar-refractivity contribution in [1.82, 2.24) is 29.9 Å². The van der Waals surface area contributed by atoms with Gasteiger partial charge >= 0.3 is 0 Å². The Kier molecular flexibility index (Phi) is 16.6. The summed E-state index contributed by atoms with van der Waals surface area (Å²) in [6, 6.07) is 117. The molecule has 4 aliphatic rings. The zero-order chi connectivity index (χ0) is 72.2. The van der Waals surface area contributed by atoms with Gasteiger partial charge in [0.25, 0.3) is 0 Å². The summed E-state index contributed by atoms with van der Waals surface area (Å²) in [6.45, 7) is 0. The first kappa shape index (κ1) is 65.4. The Morgan fingerprint density at radius 2 is 0.596 bits per heavy atom. The smallest absolute Gasteiger partial charge is 0.164 e. The fraction of sp³-hybridized carbons (Fsp3) is 0.118. The molecule has 0 aliphatic heterocycles. The van der Waals surface area contributed by atoms with Gasteiger partial charge in [-0.05, 0) is 150 Å². The molecule has 17 aromatic rings. The lowest BCUT2D eigenvalue weighted by Crippen LogP contribution is -2.27. The molecule has 0 amide bonds. The number of aromatic nitrogens is 6. The molecule has 520 valence electrons. The van der Waals surface area contributed by atoms with Gasteiger partial charge in [-0.3, -0.25) is 4.98 Å². The van der Waals surface area contributed by atoms with Crippen molar-refractivity contribution in [3.8, 4) is 146 Å². The number of hydrogen-bond donors (Lipinski definition) is 0. The lowest BCUT2D eigenvalue weighted by molar-refractivity contribution is 0.353. The zero-order valence-corrected chi connectivity index (χ0v) is 60.5. The molecule has 2 spiro atoms. The Balaban J connectivity index is 0.000000146. The molecule has 0 bridgehead atoms. The molecule has 2 fully saturated rings. The number of benzene rings is 13. The maximum Gasteiger partial charge on any atom is 0.164 e. The summed E-state index contributed by atoms with van der Waals surface area (Å²) in [5.41, 5.74) is 33.5. The van der Waals surface area contributed by atoms with E-state index in [0.717, 1.165) is 83.4 Å². The van der Waals surface area contributed by atoms with Gasteiger partial charge in [-0.15, -0.1) is 0 Å². The van der Waals surface area contributed by atoms with E-state index in [9.17, 15) is 0 Å². The topological polar surface area (TPSA) is 90.5 Å². The summed E-state index contributed by atoms with van der Waals surface area (Å²) in [4.78, 5) is 29.6. The van der Waals surface area contributed by atoms with Crippen LogP contribution < -0.4 is 0 Å². The lowest BCUT2D eigenvalue weighted by Gasteiger charge is -2.36.